The van der Waals surface area contributed by atoms with Crippen molar-refractivity contribution in [2.24, 2.45) is 46.3 Å². The zero-order valence-electron chi connectivity index (χ0n) is 24.9. The average molecular weight is 538 g/mol. The van der Waals surface area contributed by atoms with Crippen LogP contribution >= 0.6 is 0 Å². The van der Waals surface area contributed by atoms with Gasteiger partial charge in [0.05, 0.1) is 5.56 Å². The number of hydrogen-bond donors (Lipinski definition) is 2. The van der Waals surface area contributed by atoms with Gasteiger partial charge in [0.1, 0.15) is 6.10 Å². The maximum atomic E-state index is 12.8. The minimum atomic E-state index is -0.990. The number of fused-ring (bicyclic) bond motifs is 5. The first-order chi connectivity index (χ1) is 18.5. The molecule has 4 aliphatic rings. The molecule has 3 fully saturated rings. The lowest BCUT2D eigenvalue weighted by Crippen LogP contribution is -2.99. The van der Waals surface area contributed by atoms with Gasteiger partial charge in [-0.1, -0.05) is 65.5 Å². The zero-order chi connectivity index (χ0) is 27.9. The number of carbonyl (C=O) groups is 1. The molecule has 4 aliphatic carbocycles. The van der Waals surface area contributed by atoms with E-state index in [4.69, 9.17) is 9.94 Å². The number of carbonyl (C=O) groups excluding carboxylic acids is 1. The summed E-state index contributed by atoms with van der Waals surface area (Å²) in [6, 6.07) is 6.06. The lowest BCUT2D eigenvalue weighted by atomic mass is 9.47. The summed E-state index contributed by atoms with van der Waals surface area (Å²) in [5, 5.41) is 19.3. The number of benzene rings is 1. The monoisotopic (exact) mass is 537 g/mol. The Kier molecular flexibility index (Phi) is 8.35. The van der Waals surface area contributed by atoms with E-state index in [9.17, 15) is 10.0 Å². The second-order valence-electron chi connectivity index (χ2n) is 14.4. The first-order valence-corrected chi connectivity index (χ1v) is 15.8. The van der Waals surface area contributed by atoms with Crippen LogP contribution in [0, 0.1) is 51.5 Å². The first kappa shape index (κ1) is 28.8. The van der Waals surface area contributed by atoms with Crippen LogP contribution in [0.1, 0.15) is 116 Å². The summed E-state index contributed by atoms with van der Waals surface area (Å²) in [5.74, 6) is 4.60. The number of hydrogen-bond acceptors (Lipinski definition) is 4. The Bertz CT molecular complexity index is 1050. The van der Waals surface area contributed by atoms with Crippen LogP contribution in [0.25, 0.3) is 0 Å². The average Bonchev–Trinajstić information content (AvgIpc) is 3.26. The molecule has 39 heavy (non-hydrogen) atoms. The molecule has 0 aliphatic heterocycles. The molecule has 5 heteroatoms. The molecule has 0 aromatic heterocycles. The molecule has 0 spiro atoms. The molecule has 5 rings (SSSR count). The molecular weight excluding hydrogens is 486 g/mol. The quantitative estimate of drug-likeness (QED) is 0.203. The van der Waals surface area contributed by atoms with Crippen LogP contribution in [0.2, 0.25) is 0 Å². The predicted octanol–water partition coefficient (Wildman–Crippen LogP) is 7.66. The standard InChI is InChI=1S/C34H51NO4/c1-22(2)7-6-8-23(3)29-15-16-30-28-14-11-25-21-27(17-19-33(25,4)31(28)18-20-34(29,30)5)39-32(36)24-9-12-26(13-10-24)35(37)38/h9-13,22-23,27-31,35,37H,6-8,14-21H2,1-5H3/t23-,27+,28+,29+,30+,31+,33+,34-/m1/s1. The van der Waals surface area contributed by atoms with E-state index in [1.165, 1.54) is 69.1 Å². The molecule has 0 saturated heterocycles. The summed E-state index contributed by atoms with van der Waals surface area (Å²) in [6.07, 6.45) is 16.2. The molecule has 0 radical (unpaired) electrons. The number of rotatable bonds is 8. The number of esters is 1. The Balaban J connectivity index is 1.23. The van der Waals surface area contributed by atoms with Crippen LogP contribution in [0.15, 0.2) is 35.9 Å². The molecule has 9 atom stereocenters. The van der Waals surface area contributed by atoms with Crippen molar-refractivity contribution in [1.82, 2.24) is 0 Å². The molecule has 2 N–H and O–H groups in total. The fourth-order valence-corrected chi connectivity index (χ4v) is 9.72. The summed E-state index contributed by atoms with van der Waals surface area (Å²) >= 11 is 0. The van der Waals surface area contributed by atoms with Crippen LogP contribution < -0.4 is 5.23 Å². The third-order valence-electron chi connectivity index (χ3n) is 11.9. The Labute approximate surface area is 235 Å². The molecule has 0 heterocycles. The summed E-state index contributed by atoms with van der Waals surface area (Å²) in [7, 11) is 0. The second kappa shape index (κ2) is 11.3. The molecule has 0 bridgehead atoms. The first-order valence-electron chi connectivity index (χ1n) is 15.8. The van der Waals surface area contributed by atoms with Crippen molar-refractivity contribution in [2.75, 3.05) is 0 Å². The third kappa shape index (κ3) is 5.48. The van der Waals surface area contributed by atoms with Crippen LogP contribution in [0.3, 0.4) is 0 Å². The third-order valence-corrected chi connectivity index (χ3v) is 11.9. The van der Waals surface area contributed by atoms with Crippen molar-refractivity contribution in [3.63, 3.8) is 0 Å². The highest BCUT2D eigenvalue weighted by Crippen LogP contribution is 2.67. The molecule has 216 valence electrons. The lowest BCUT2D eigenvalue weighted by molar-refractivity contribution is -0.991. The van der Waals surface area contributed by atoms with E-state index >= 15 is 0 Å². The highest BCUT2D eigenvalue weighted by molar-refractivity contribution is 5.89. The molecule has 5 nitrogen and oxygen atoms in total. The molecule has 1 aromatic rings. The van der Waals surface area contributed by atoms with Crippen molar-refractivity contribution in [2.45, 2.75) is 111 Å². The summed E-state index contributed by atoms with van der Waals surface area (Å²) in [5.41, 5.74) is 2.86. The predicted molar refractivity (Wildman–Crippen MR) is 154 cm³/mol. The maximum absolute atomic E-state index is 12.8. The number of ether oxygens (including phenoxy) is 1. The van der Waals surface area contributed by atoms with Gasteiger partial charge in [-0.3, -0.25) is 0 Å². The van der Waals surface area contributed by atoms with Gasteiger partial charge >= 0.3 is 5.97 Å². The van der Waals surface area contributed by atoms with Gasteiger partial charge in [0.25, 0.3) is 0 Å². The van der Waals surface area contributed by atoms with Crippen LogP contribution in [0.4, 0.5) is 5.69 Å². The van der Waals surface area contributed by atoms with Crippen LogP contribution in [-0.4, -0.2) is 17.3 Å². The SMILES string of the molecule is CC(C)CCC[C@@H](C)[C@@H]1CC[C@H]2[C@@H]3CC=C4C[C@@H](OC(=O)c5ccc([NH+]([O-])O)cc5)CC[C@]4(C)[C@H]3CC[C@@]21C. The van der Waals surface area contributed by atoms with Crippen molar-refractivity contribution in [1.29, 1.82) is 0 Å². The lowest BCUT2D eigenvalue weighted by Gasteiger charge is -2.58. The second-order valence-corrected chi connectivity index (χ2v) is 14.4. The van der Waals surface area contributed by atoms with Crippen LogP contribution in [0.5, 0.6) is 0 Å². The zero-order valence-corrected chi connectivity index (χ0v) is 24.9. The molecule has 1 unspecified atom stereocenters. The van der Waals surface area contributed by atoms with E-state index in [0.717, 1.165) is 54.8 Å². The van der Waals surface area contributed by atoms with Gasteiger partial charge in [0.15, 0.2) is 5.69 Å². The van der Waals surface area contributed by atoms with E-state index in [2.05, 4.69) is 40.7 Å². The molecular formula is C34H51NO4. The largest absolute Gasteiger partial charge is 0.595 e. The summed E-state index contributed by atoms with van der Waals surface area (Å²) in [4.78, 5) is 12.8. The van der Waals surface area contributed by atoms with Gasteiger partial charge in [-0.05, 0) is 103 Å². The topological polar surface area (TPSA) is 74.0 Å². The Morgan fingerprint density at radius 2 is 1.79 bits per heavy atom. The maximum Gasteiger partial charge on any atom is 0.338 e. The minimum absolute atomic E-state index is 0.0936. The van der Waals surface area contributed by atoms with Crippen molar-refractivity contribution in [3.05, 3.63) is 46.7 Å². The molecule has 0 amide bonds. The highest BCUT2D eigenvalue weighted by Gasteiger charge is 2.59. The van der Waals surface area contributed by atoms with Crippen molar-refractivity contribution >= 4 is 11.7 Å². The van der Waals surface area contributed by atoms with Gasteiger partial charge in [0.2, 0.25) is 0 Å². The number of allylic oxidation sites excluding steroid dienone is 1. The molecule has 1 aromatic carbocycles. The van der Waals surface area contributed by atoms with E-state index in [0.29, 0.717) is 11.0 Å². The van der Waals surface area contributed by atoms with E-state index in [1.54, 1.807) is 12.1 Å². The smallest absolute Gasteiger partial charge is 0.338 e. The summed E-state index contributed by atoms with van der Waals surface area (Å²) in [6.45, 7) is 12.4. The fraction of sp³-hybridized carbons (Fsp3) is 0.735. The van der Waals surface area contributed by atoms with Gasteiger partial charge < -0.3 is 9.94 Å². The number of quaternary nitrogens is 1. The van der Waals surface area contributed by atoms with Gasteiger partial charge in [-0.25, -0.2) is 10.0 Å². The Hall–Kier alpha value is -1.69. The van der Waals surface area contributed by atoms with E-state index in [-0.39, 0.29) is 23.2 Å². The normalized spacial score (nSPS) is 37.3. The summed E-state index contributed by atoms with van der Waals surface area (Å²) < 4.78 is 5.95. The number of nitrogens with one attached hydrogen (secondary N) is 1. The minimum Gasteiger partial charge on any atom is -0.595 e. The van der Waals surface area contributed by atoms with Gasteiger partial charge in [0, 0.05) is 18.6 Å². The van der Waals surface area contributed by atoms with Crippen molar-refractivity contribution < 1.29 is 20.0 Å². The van der Waals surface area contributed by atoms with Crippen molar-refractivity contribution in [3.8, 4) is 0 Å². The highest BCUT2D eigenvalue weighted by atomic mass is 16.8. The molecule has 3 saturated carbocycles. The van der Waals surface area contributed by atoms with Gasteiger partial charge in [-0.15, -0.1) is 0 Å². The van der Waals surface area contributed by atoms with E-state index in [1.807, 2.05) is 0 Å². The van der Waals surface area contributed by atoms with Gasteiger partial charge in [-0.2, -0.15) is 5.23 Å². The Morgan fingerprint density at radius 1 is 1.05 bits per heavy atom. The van der Waals surface area contributed by atoms with Crippen LogP contribution in [-0.2, 0) is 4.74 Å². The Morgan fingerprint density at radius 3 is 2.49 bits per heavy atom. The fourth-order valence-electron chi connectivity index (χ4n) is 9.72. The van der Waals surface area contributed by atoms with E-state index < -0.39 is 5.23 Å².